The maximum atomic E-state index is 11.5. The summed E-state index contributed by atoms with van der Waals surface area (Å²) >= 11 is 0. The van der Waals surface area contributed by atoms with E-state index in [1.54, 1.807) is 0 Å². The van der Waals surface area contributed by atoms with Crippen LogP contribution in [-0.2, 0) is 9.53 Å². The van der Waals surface area contributed by atoms with E-state index in [4.69, 9.17) is 4.74 Å². The first-order valence-electron chi connectivity index (χ1n) is 7.24. The molecule has 2 saturated carbocycles. The number of ether oxygens (including phenoxy) is 1. The van der Waals surface area contributed by atoms with Gasteiger partial charge in [-0.05, 0) is 56.3 Å². The number of fused-ring (bicyclic) bond motifs is 2. The molecule has 3 fully saturated rings. The fourth-order valence-corrected chi connectivity index (χ4v) is 4.52. The zero-order valence-corrected chi connectivity index (χ0v) is 11.6. The Hall–Kier alpha value is -0.570. The van der Waals surface area contributed by atoms with E-state index in [9.17, 15) is 9.90 Å². The Balaban J connectivity index is 1.81. The standard InChI is InChI=1S/C15H24O3/c1-14(2)8-10-9(13(16)17)4-5-12-15(3,18-12)7-6-11(10)14/h9-12H,4-8H2,1-3H3,(H,16,17)/t9-,10+,11+,12+,15+/m1/s1. The van der Waals surface area contributed by atoms with Gasteiger partial charge in [-0.15, -0.1) is 0 Å². The fourth-order valence-electron chi connectivity index (χ4n) is 4.52. The molecule has 3 nitrogen and oxygen atoms in total. The van der Waals surface area contributed by atoms with Crippen molar-refractivity contribution >= 4 is 5.97 Å². The smallest absolute Gasteiger partial charge is 0.306 e. The summed E-state index contributed by atoms with van der Waals surface area (Å²) in [5.74, 6) is 0.233. The molecule has 0 aromatic carbocycles. The highest BCUT2D eigenvalue weighted by Crippen LogP contribution is 2.59. The predicted octanol–water partition coefficient (Wildman–Crippen LogP) is 3.08. The summed E-state index contributed by atoms with van der Waals surface area (Å²) < 4.78 is 5.79. The summed E-state index contributed by atoms with van der Waals surface area (Å²) in [5.41, 5.74) is 0.382. The summed E-state index contributed by atoms with van der Waals surface area (Å²) in [5, 5.41) is 9.46. The van der Waals surface area contributed by atoms with Gasteiger partial charge in [-0.3, -0.25) is 4.79 Å². The van der Waals surface area contributed by atoms with Crippen LogP contribution in [0.5, 0.6) is 0 Å². The quantitative estimate of drug-likeness (QED) is 0.730. The topological polar surface area (TPSA) is 49.8 Å². The van der Waals surface area contributed by atoms with Gasteiger partial charge in [0.15, 0.2) is 0 Å². The van der Waals surface area contributed by atoms with Crippen LogP contribution in [0.3, 0.4) is 0 Å². The SMILES string of the molecule is CC1(C)C[C@H]2[C@H](C(=O)O)CC[C@@H]3O[C@@]3(C)CC[C@@H]21. The van der Waals surface area contributed by atoms with Crippen molar-refractivity contribution in [3.63, 3.8) is 0 Å². The number of epoxide rings is 1. The van der Waals surface area contributed by atoms with E-state index in [0.29, 0.717) is 23.4 Å². The minimum absolute atomic E-state index is 0.0591. The third kappa shape index (κ3) is 1.78. The van der Waals surface area contributed by atoms with Crippen LogP contribution in [0, 0.1) is 23.2 Å². The van der Waals surface area contributed by atoms with Crippen LogP contribution in [0.1, 0.15) is 52.9 Å². The van der Waals surface area contributed by atoms with Crippen molar-refractivity contribution < 1.29 is 14.6 Å². The second-order valence-corrected chi connectivity index (χ2v) is 7.44. The van der Waals surface area contributed by atoms with Crippen molar-refractivity contribution in [2.75, 3.05) is 0 Å². The third-order valence-corrected chi connectivity index (χ3v) is 5.84. The van der Waals surface area contributed by atoms with Gasteiger partial charge in [0.2, 0.25) is 0 Å². The van der Waals surface area contributed by atoms with Gasteiger partial charge in [0.25, 0.3) is 0 Å². The molecular formula is C15H24O3. The van der Waals surface area contributed by atoms with E-state index in [-0.39, 0.29) is 11.5 Å². The van der Waals surface area contributed by atoms with Crippen LogP contribution in [-0.4, -0.2) is 22.8 Å². The summed E-state index contributed by atoms with van der Waals surface area (Å²) in [4.78, 5) is 11.5. The molecule has 18 heavy (non-hydrogen) atoms. The predicted molar refractivity (Wildman–Crippen MR) is 68.2 cm³/mol. The molecular weight excluding hydrogens is 228 g/mol. The molecule has 1 saturated heterocycles. The van der Waals surface area contributed by atoms with Crippen LogP contribution in [0.25, 0.3) is 0 Å². The Morgan fingerprint density at radius 3 is 2.56 bits per heavy atom. The first-order valence-corrected chi connectivity index (χ1v) is 7.24. The molecule has 0 spiro atoms. The first kappa shape index (κ1) is 12.5. The number of hydrogen-bond acceptors (Lipinski definition) is 2. The van der Waals surface area contributed by atoms with Crippen molar-refractivity contribution in [3.8, 4) is 0 Å². The van der Waals surface area contributed by atoms with Crippen LogP contribution >= 0.6 is 0 Å². The Morgan fingerprint density at radius 2 is 1.94 bits per heavy atom. The monoisotopic (exact) mass is 252 g/mol. The van der Waals surface area contributed by atoms with Gasteiger partial charge < -0.3 is 9.84 Å². The molecule has 1 heterocycles. The van der Waals surface area contributed by atoms with Crippen molar-refractivity contribution in [1.82, 2.24) is 0 Å². The van der Waals surface area contributed by atoms with Crippen LogP contribution in [0.4, 0.5) is 0 Å². The summed E-state index contributed by atoms with van der Waals surface area (Å²) in [6, 6.07) is 0. The number of rotatable bonds is 1. The Labute approximate surface area is 109 Å². The number of carboxylic acid groups (broad SMARTS) is 1. The zero-order chi connectivity index (χ0) is 13.1. The van der Waals surface area contributed by atoms with E-state index in [2.05, 4.69) is 20.8 Å². The molecule has 1 aliphatic heterocycles. The van der Waals surface area contributed by atoms with Gasteiger partial charge in [-0.25, -0.2) is 0 Å². The molecule has 5 atom stereocenters. The maximum absolute atomic E-state index is 11.5. The molecule has 102 valence electrons. The minimum Gasteiger partial charge on any atom is -0.481 e. The lowest BCUT2D eigenvalue weighted by Gasteiger charge is -2.54. The highest BCUT2D eigenvalue weighted by atomic mass is 16.6. The third-order valence-electron chi connectivity index (χ3n) is 5.84. The number of hydrogen-bond donors (Lipinski definition) is 1. The lowest BCUT2D eigenvalue weighted by atomic mass is 9.50. The van der Waals surface area contributed by atoms with Gasteiger partial charge in [-0.2, -0.15) is 0 Å². The van der Waals surface area contributed by atoms with Crippen LogP contribution < -0.4 is 0 Å². The van der Waals surface area contributed by atoms with Gasteiger partial charge >= 0.3 is 5.97 Å². The van der Waals surface area contributed by atoms with E-state index in [1.165, 1.54) is 0 Å². The number of carbonyl (C=O) groups is 1. The van der Waals surface area contributed by atoms with Gasteiger partial charge in [0.05, 0.1) is 17.6 Å². The Bertz CT molecular complexity index is 376. The molecule has 2 aliphatic carbocycles. The minimum atomic E-state index is -0.593. The summed E-state index contributed by atoms with van der Waals surface area (Å²) in [6.07, 6.45) is 5.36. The molecule has 0 bridgehead atoms. The van der Waals surface area contributed by atoms with Crippen LogP contribution in [0.2, 0.25) is 0 Å². The number of carboxylic acids is 1. The van der Waals surface area contributed by atoms with Crippen molar-refractivity contribution in [2.45, 2.75) is 64.6 Å². The second kappa shape index (κ2) is 3.72. The largest absolute Gasteiger partial charge is 0.481 e. The Morgan fingerprint density at radius 1 is 1.22 bits per heavy atom. The molecule has 0 radical (unpaired) electrons. The average molecular weight is 252 g/mol. The lowest BCUT2D eigenvalue weighted by molar-refractivity contribution is -0.152. The molecule has 0 amide bonds. The first-order chi connectivity index (χ1) is 8.33. The molecule has 3 heteroatoms. The van der Waals surface area contributed by atoms with E-state index in [1.807, 2.05) is 0 Å². The second-order valence-electron chi connectivity index (χ2n) is 7.44. The summed E-state index contributed by atoms with van der Waals surface area (Å²) in [7, 11) is 0. The van der Waals surface area contributed by atoms with Crippen molar-refractivity contribution in [3.05, 3.63) is 0 Å². The average Bonchev–Trinajstić information content (AvgIpc) is 2.86. The van der Waals surface area contributed by atoms with Crippen LogP contribution in [0.15, 0.2) is 0 Å². The molecule has 0 unspecified atom stereocenters. The van der Waals surface area contributed by atoms with Gasteiger partial charge in [0.1, 0.15) is 0 Å². The molecule has 3 rings (SSSR count). The zero-order valence-electron chi connectivity index (χ0n) is 11.6. The fraction of sp³-hybridized carbons (Fsp3) is 0.933. The molecule has 3 aliphatic rings. The summed E-state index contributed by atoms with van der Waals surface area (Å²) in [6.45, 7) is 6.77. The van der Waals surface area contributed by atoms with Gasteiger partial charge in [0, 0.05) is 0 Å². The normalized spacial score (nSPS) is 49.7. The van der Waals surface area contributed by atoms with Gasteiger partial charge in [-0.1, -0.05) is 13.8 Å². The molecule has 0 aromatic rings. The van der Waals surface area contributed by atoms with E-state index in [0.717, 1.165) is 32.1 Å². The molecule has 1 N–H and O–H groups in total. The lowest BCUT2D eigenvalue weighted by Crippen LogP contribution is -2.49. The van der Waals surface area contributed by atoms with Crippen molar-refractivity contribution in [2.24, 2.45) is 23.2 Å². The van der Waals surface area contributed by atoms with E-state index < -0.39 is 5.97 Å². The van der Waals surface area contributed by atoms with Crippen molar-refractivity contribution in [1.29, 1.82) is 0 Å². The molecule has 0 aromatic heterocycles. The maximum Gasteiger partial charge on any atom is 0.306 e. The number of aliphatic carboxylic acids is 1. The van der Waals surface area contributed by atoms with E-state index >= 15 is 0 Å². The highest BCUT2D eigenvalue weighted by molar-refractivity contribution is 5.70. The highest BCUT2D eigenvalue weighted by Gasteiger charge is 2.58. The Kier molecular flexibility index (Phi) is 2.58.